The number of rotatable bonds is 6. The number of carbonyl (C=O) groups is 1. The van der Waals surface area contributed by atoms with Crippen LogP contribution >= 0.6 is 24.2 Å². The summed E-state index contributed by atoms with van der Waals surface area (Å²) in [6.45, 7) is 0.799. The number of imidazole rings is 1. The summed E-state index contributed by atoms with van der Waals surface area (Å²) in [5, 5.41) is 12.7. The molecule has 0 aliphatic carbocycles. The zero-order valence-corrected chi connectivity index (χ0v) is 17.1. The topological polar surface area (TPSA) is 79.9 Å². The number of benzene rings is 2. The standard InChI is InChI=1S/C21H18N4O2S.ClH/c22-12-15-6-8-16(9-7-15)19-14-28-21-24-13-18(25(19)21)20(26)23-10-11-27-17-4-2-1-3-5-17;/h1-9,13,19H,10-11,14H2,(H,23,26);1H. The Morgan fingerprint density at radius 3 is 2.72 bits per heavy atom. The number of nitriles is 1. The monoisotopic (exact) mass is 426 g/mol. The van der Waals surface area contributed by atoms with E-state index in [0.29, 0.717) is 24.4 Å². The minimum absolute atomic E-state index is 0. The number of fused-ring (bicyclic) bond motifs is 1. The first-order chi connectivity index (χ1) is 13.8. The predicted octanol–water partition coefficient (Wildman–Crippen LogP) is 3.68. The smallest absolute Gasteiger partial charge is 0.269 e. The Morgan fingerprint density at radius 2 is 2.00 bits per heavy atom. The van der Waals surface area contributed by atoms with Gasteiger partial charge in [0.2, 0.25) is 0 Å². The lowest BCUT2D eigenvalue weighted by Crippen LogP contribution is -2.30. The van der Waals surface area contributed by atoms with E-state index >= 15 is 0 Å². The molecule has 148 valence electrons. The van der Waals surface area contributed by atoms with Gasteiger partial charge in [0.15, 0.2) is 5.16 Å². The number of aromatic nitrogens is 2. The molecule has 4 rings (SSSR count). The number of para-hydroxylation sites is 1. The summed E-state index contributed by atoms with van der Waals surface area (Å²) in [7, 11) is 0. The molecule has 1 amide bonds. The second kappa shape index (κ2) is 9.50. The molecule has 29 heavy (non-hydrogen) atoms. The van der Waals surface area contributed by atoms with Crippen molar-refractivity contribution in [3.05, 3.63) is 77.6 Å². The maximum Gasteiger partial charge on any atom is 0.269 e. The third kappa shape index (κ3) is 4.56. The molecule has 3 aromatic rings. The van der Waals surface area contributed by atoms with Gasteiger partial charge in [-0.1, -0.05) is 42.1 Å². The van der Waals surface area contributed by atoms with Gasteiger partial charge < -0.3 is 14.6 Å². The number of carbonyl (C=O) groups excluding carboxylic acids is 1. The molecule has 6 nitrogen and oxygen atoms in total. The predicted molar refractivity (Wildman–Crippen MR) is 114 cm³/mol. The lowest BCUT2D eigenvalue weighted by molar-refractivity contribution is 0.0936. The molecule has 1 aromatic heterocycles. The Hall–Kier alpha value is -2.95. The van der Waals surface area contributed by atoms with Gasteiger partial charge in [-0.2, -0.15) is 5.26 Å². The van der Waals surface area contributed by atoms with E-state index in [2.05, 4.69) is 16.4 Å². The molecule has 0 saturated carbocycles. The van der Waals surface area contributed by atoms with Gasteiger partial charge in [0.1, 0.15) is 18.1 Å². The highest BCUT2D eigenvalue weighted by atomic mass is 35.5. The first-order valence-electron chi connectivity index (χ1n) is 8.92. The van der Waals surface area contributed by atoms with Gasteiger partial charge in [-0.05, 0) is 29.8 Å². The fourth-order valence-electron chi connectivity index (χ4n) is 3.11. The molecule has 2 aromatic carbocycles. The Bertz CT molecular complexity index is 1020. The van der Waals surface area contributed by atoms with E-state index in [1.807, 2.05) is 47.0 Å². The fraction of sp³-hybridized carbons (Fsp3) is 0.190. The molecule has 0 saturated heterocycles. The van der Waals surface area contributed by atoms with Gasteiger partial charge in [-0.3, -0.25) is 4.79 Å². The van der Waals surface area contributed by atoms with Crippen molar-refractivity contribution in [2.24, 2.45) is 0 Å². The minimum Gasteiger partial charge on any atom is -0.492 e. The Labute approximate surface area is 179 Å². The maximum absolute atomic E-state index is 12.7. The van der Waals surface area contributed by atoms with Crippen molar-refractivity contribution in [3.63, 3.8) is 0 Å². The molecular weight excluding hydrogens is 408 g/mol. The third-order valence-corrected chi connectivity index (χ3v) is 5.54. The van der Waals surface area contributed by atoms with Gasteiger partial charge in [-0.25, -0.2) is 4.98 Å². The van der Waals surface area contributed by atoms with Crippen LogP contribution in [0.4, 0.5) is 0 Å². The van der Waals surface area contributed by atoms with Crippen molar-refractivity contribution in [2.45, 2.75) is 11.2 Å². The summed E-state index contributed by atoms with van der Waals surface area (Å²) in [6.07, 6.45) is 1.62. The van der Waals surface area contributed by atoms with Crippen molar-refractivity contribution < 1.29 is 9.53 Å². The fourth-order valence-corrected chi connectivity index (χ4v) is 4.25. The van der Waals surface area contributed by atoms with E-state index in [0.717, 1.165) is 22.2 Å². The van der Waals surface area contributed by atoms with E-state index in [1.54, 1.807) is 30.1 Å². The van der Waals surface area contributed by atoms with Crippen LogP contribution in [-0.4, -0.2) is 34.4 Å². The number of hydrogen-bond acceptors (Lipinski definition) is 5. The lowest BCUT2D eigenvalue weighted by atomic mass is 10.1. The molecule has 8 heteroatoms. The number of thioether (sulfide) groups is 1. The van der Waals surface area contributed by atoms with Crippen LogP contribution in [0.5, 0.6) is 5.75 Å². The highest BCUT2D eigenvalue weighted by Gasteiger charge is 2.30. The lowest BCUT2D eigenvalue weighted by Gasteiger charge is -2.16. The quantitative estimate of drug-likeness (QED) is 0.608. The highest BCUT2D eigenvalue weighted by molar-refractivity contribution is 7.99. The SMILES string of the molecule is Cl.N#Cc1ccc(C2CSc3ncc(C(=O)NCCOc4ccccc4)n32)cc1. The normalized spacial score (nSPS) is 14.4. The number of amides is 1. The van der Waals surface area contributed by atoms with Crippen LogP contribution in [-0.2, 0) is 0 Å². The average Bonchev–Trinajstić information content (AvgIpc) is 3.34. The molecule has 0 spiro atoms. The number of ether oxygens (including phenoxy) is 1. The molecule has 0 radical (unpaired) electrons. The van der Waals surface area contributed by atoms with E-state index in [-0.39, 0.29) is 24.4 Å². The first-order valence-corrected chi connectivity index (χ1v) is 9.91. The van der Waals surface area contributed by atoms with Crippen molar-refractivity contribution in [1.82, 2.24) is 14.9 Å². The van der Waals surface area contributed by atoms with Crippen molar-refractivity contribution in [2.75, 3.05) is 18.9 Å². The highest BCUT2D eigenvalue weighted by Crippen LogP contribution is 2.37. The van der Waals surface area contributed by atoms with E-state index < -0.39 is 0 Å². The van der Waals surface area contributed by atoms with Gasteiger partial charge >= 0.3 is 0 Å². The number of nitrogens with one attached hydrogen (secondary N) is 1. The van der Waals surface area contributed by atoms with Crippen LogP contribution in [0.1, 0.15) is 27.7 Å². The molecule has 1 atom stereocenters. The van der Waals surface area contributed by atoms with Crippen LogP contribution in [0.15, 0.2) is 66.0 Å². The van der Waals surface area contributed by atoms with Crippen molar-refractivity contribution >= 4 is 30.1 Å². The van der Waals surface area contributed by atoms with Crippen LogP contribution in [0.3, 0.4) is 0 Å². The van der Waals surface area contributed by atoms with Gasteiger partial charge in [0.25, 0.3) is 5.91 Å². The Balaban J connectivity index is 0.00000240. The van der Waals surface area contributed by atoms with Gasteiger partial charge in [0, 0.05) is 5.75 Å². The first kappa shape index (κ1) is 20.8. The van der Waals surface area contributed by atoms with Gasteiger partial charge in [0.05, 0.1) is 30.4 Å². The zero-order valence-electron chi connectivity index (χ0n) is 15.4. The summed E-state index contributed by atoms with van der Waals surface area (Å²) >= 11 is 1.63. The molecule has 0 fully saturated rings. The zero-order chi connectivity index (χ0) is 19.3. The van der Waals surface area contributed by atoms with Crippen LogP contribution in [0.2, 0.25) is 0 Å². The summed E-state index contributed by atoms with van der Waals surface area (Å²) in [4.78, 5) is 17.1. The van der Waals surface area contributed by atoms with E-state index in [4.69, 9.17) is 10.00 Å². The Kier molecular flexibility index (Phi) is 6.81. The molecule has 0 bridgehead atoms. The average molecular weight is 427 g/mol. The molecule has 2 heterocycles. The summed E-state index contributed by atoms with van der Waals surface area (Å²) in [5.74, 6) is 1.42. The largest absolute Gasteiger partial charge is 0.492 e. The second-order valence-electron chi connectivity index (χ2n) is 6.27. The summed E-state index contributed by atoms with van der Waals surface area (Å²) in [6, 6.07) is 19.1. The molecule has 1 N–H and O–H groups in total. The van der Waals surface area contributed by atoms with E-state index in [1.165, 1.54) is 0 Å². The molecule has 1 unspecified atom stereocenters. The molecule has 1 aliphatic heterocycles. The molecular formula is C21H19ClN4O2S. The second-order valence-corrected chi connectivity index (χ2v) is 7.26. The van der Waals surface area contributed by atoms with Gasteiger partial charge in [-0.15, -0.1) is 12.4 Å². The van der Waals surface area contributed by atoms with Crippen molar-refractivity contribution in [1.29, 1.82) is 5.26 Å². The van der Waals surface area contributed by atoms with Crippen LogP contribution < -0.4 is 10.1 Å². The number of nitrogens with zero attached hydrogens (tertiary/aromatic N) is 3. The minimum atomic E-state index is -0.170. The summed E-state index contributed by atoms with van der Waals surface area (Å²) < 4.78 is 7.58. The van der Waals surface area contributed by atoms with Crippen LogP contribution in [0, 0.1) is 11.3 Å². The third-order valence-electron chi connectivity index (χ3n) is 4.50. The molecule has 1 aliphatic rings. The Morgan fingerprint density at radius 1 is 1.24 bits per heavy atom. The van der Waals surface area contributed by atoms with Crippen LogP contribution in [0.25, 0.3) is 0 Å². The van der Waals surface area contributed by atoms with Crippen molar-refractivity contribution in [3.8, 4) is 11.8 Å². The van der Waals surface area contributed by atoms with E-state index in [9.17, 15) is 4.79 Å². The number of hydrogen-bond donors (Lipinski definition) is 1. The summed E-state index contributed by atoms with van der Waals surface area (Å²) in [5.41, 5.74) is 2.22. The maximum atomic E-state index is 12.7. The number of halogens is 1.